The lowest BCUT2D eigenvalue weighted by molar-refractivity contribution is -0.849. The van der Waals surface area contributed by atoms with Crippen molar-refractivity contribution < 1.29 is 23.7 Å². The molecule has 0 amide bonds. The highest BCUT2D eigenvalue weighted by Gasteiger charge is 2.38. The Morgan fingerprint density at radius 3 is 1.17 bits per heavy atom. The number of nitrogens with zero attached hydrogens (tertiary/aromatic N) is 2. The molecule has 0 unspecified atom stereocenters. The molecule has 0 fully saturated rings. The van der Waals surface area contributed by atoms with E-state index in [2.05, 4.69) is 155 Å². The van der Waals surface area contributed by atoms with Crippen molar-refractivity contribution in [3.05, 3.63) is 106 Å². The highest BCUT2D eigenvalue weighted by atomic mass is 16.6. The zero-order valence-corrected chi connectivity index (χ0v) is 27.7. The second-order valence-corrected chi connectivity index (χ2v) is 13.7. The quantitative estimate of drug-likeness (QED) is 0.153. The molecule has 0 saturated carbocycles. The first-order valence-corrected chi connectivity index (χ1v) is 14.7. The van der Waals surface area contributed by atoms with Crippen molar-refractivity contribution in [1.29, 1.82) is 0 Å². The van der Waals surface area contributed by atoms with Gasteiger partial charge in [-0.1, -0.05) is 85.6 Å². The number of unbranched alkanes of at least 4 members (excludes halogenated alkanes) is 2. The first-order chi connectivity index (χ1) is 19.0. The zero-order chi connectivity index (χ0) is 31.3. The second-order valence-electron chi connectivity index (χ2n) is 13.7. The first kappa shape index (κ1) is 36.6. The molecule has 226 valence electrons. The average molecular weight is 563 g/mol. The SMILES string of the molecule is C[N+](C)(C)C.C[N+](C)(C)C.Cc1ccccc1C(CCCCCOB([O-])[O-])(c1ccccc1C)c1ccccc1C. The van der Waals surface area contributed by atoms with Gasteiger partial charge in [-0.3, -0.25) is 0 Å². The summed E-state index contributed by atoms with van der Waals surface area (Å²) >= 11 is 0. The predicted molar refractivity (Wildman–Crippen MR) is 172 cm³/mol. The van der Waals surface area contributed by atoms with E-state index in [0.29, 0.717) is 6.42 Å². The maximum absolute atomic E-state index is 10.6. The number of quaternary nitrogens is 2. The van der Waals surface area contributed by atoms with Gasteiger partial charge in [-0.05, 0) is 67.0 Å². The molecule has 0 aliphatic heterocycles. The van der Waals surface area contributed by atoms with Crippen molar-refractivity contribution in [1.82, 2.24) is 0 Å². The van der Waals surface area contributed by atoms with Gasteiger partial charge in [0.15, 0.2) is 0 Å². The average Bonchev–Trinajstić information content (AvgIpc) is 2.83. The highest BCUT2D eigenvalue weighted by molar-refractivity contribution is 6.28. The van der Waals surface area contributed by atoms with E-state index >= 15 is 0 Å². The van der Waals surface area contributed by atoms with Gasteiger partial charge >= 0.3 is 0 Å². The van der Waals surface area contributed by atoms with Gasteiger partial charge in [-0.15, -0.1) is 0 Å². The number of rotatable bonds is 10. The molecule has 0 N–H and O–H groups in total. The van der Waals surface area contributed by atoms with Gasteiger partial charge in [-0.25, -0.2) is 0 Å². The lowest BCUT2D eigenvalue weighted by Gasteiger charge is -2.39. The van der Waals surface area contributed by atoms with Crippen LogP contribution in [0.1, 0.15) is 59.1 Å². The van der Waals surface area contributed by atoms with Crippen LogP contribution in [-0.4, -0.2) is 79.3 Å². The summed E-state index contributed by atoms with van der Waals surface area (Å²) in [5, 5.41) is 21.2. The monoisotopic (exact) mass is 562 g/mol. The maximum atomic E-state index is 10.6. The molecule has 5 nitrogen and oxygen atoms in total. The summed E-state index contributed by atoms with van der Waals surface area (Å²) in [6.45, 7) is 6.80. The molecule has 0 heterocycles. The molecule has 0 atom stereocenters. The van der Waals surface area contributed by atoms with Crippen molar-refractivity contribution in [3.63, 3.8) is 0 Å². The second kappa shape index (κ2) is 16.8. The Hall–Kier alpha value is -2.48. The van der Waals surface area contributed by atoms with Crippen LogP contribution >= 0.6 is 0 Å². The molecule has 3 aromatic carbocycles. The van der Waals surface area contributed by atoms with E-state index in [4.69, 9.17) is 0 Å². The minimum atomic E-state index is -2.19. The maximum Gasteiger partial charge on any atom is 0.0675 e. The predicted octanol–water partition coefficient (Wildman–Crippen LogP) is 4.87. The third-order valence-electron chi connectivity index (χ3n) is 6.26. The van der Waals surface area contributed by atoms with E-state index in [1.807, 2.05) is 0 Å². The zero-order valence-electron chi connectivity index (χ0n) is 27.7. The number of hydrogen-bond donors (Lipinski definition) is 0. The fourth-order valence-corrected chi connectivity index (χ4v) is 4.84. The van der Waals surface area contributed by atoms with E-state index < -0.39 is 7.32 Å². The van der Waals surface area contributed by atoms with E-state index in [9.17, 15) is 10.0 Å². The molecule has 0 aliphatic rings. The molecule has 41 heavy (non-hydrogen) atoms. The molecular formula is C35H55BN2O3. The van der Waals surface area contributed by atoms with Gasteiger partial charge in [0.25, 0.3) is 0 Å². The Labute approximate surface area is 251 Å². The molecule has 0 aromatic heterocycles. The van der Waals surface area contributed by atoms with Crippen LogP contribution in [0.25, 0.3) is 0 Å². The highest BCUT2D eigenvalue weighted by Crippen LogP contribution is 2.47. The van der Waals surface area contributed by atoms with Crippen molar-refractivity contribution in [2.75, 3.05) is 63.0 Å². The molecule has 0 saturated heterocycles. The van der Waals surface area contributed by atoms with Crippen LogP contribution < -0.4 is 10.0 Å². The van der Waals surface area contributed by atoms with E-state index in [0.717, 1.165) is 28.2 Å². The third kappa shape index (κ3) is 13.8. The van der Waals surface area contributed by atoms with Crippen molar-refractivity contribution >= 4 is 7.32 Å². The van der Waals surface area contributed by atoms with Crippen molar-refractivity contribution in [3.8, 4) is 0 Å². The molecule has 0 radical (unpaired) electrons. The van der Waals surface area contributed by atoms with Gasteiger partial charge in [-0.2, -0.15) is 0 Å². The van der Waals surface area contributed by atoms with E-state index in [-0.39, 0.29) is 12.0 Å². The summed E-state index contributed by atoms with van der Waals surface area (Å²) in [7, 11) is 14.8. The van der Waals surface area contributed by atoms with Gasteiger partial charge in [0, 0.05) is 12.0 Å². The normalized spacial score (nSPS) is 11.6. The van der Waals surface area contributed by atoms with Crippen LogP contribution in [0.4, 0.5) is 0 Å². The Morgan fingerprint density at radius 2 is 0.878 bits per heavy atom. The summed E-state index contributed by atoms with van der Waals surface area (Å²) in [6, 6.07) is 26.0. The summed E-state index contributed by atoms with van der Waals surface area (Å²) in [6.07, 6.45) is 3.51. The largest absolute Gasteiger partial charge is 0.871 e. The van der Waals surface area contributed by atoms with Crippen LogP contribution in [0.5, 0.6) is 0 Å². The molecule has 3 rings (SSSR count). The fourth-order valence-electron chi connectivity index (χ4n) is 4.84. The fraction of sp³-hybridized carbons (Fsp3) is 0.486. The Morgan fingerprint density at radius 1 is 0.561 bits per heavy atom. The van der Waals surface area contributed by atoms with Gasteiger partial charge in [0.05, 0.1) is 63.7 Å². The van der Waals surface area contributed by atoms with Crippen LogP contribution in [0.15, 0.2) is 72.8 Å². The third-order valence-corrected chi connectivity index (χ3v) is 6.26. The van der Waals surface area contributed by atoms with Gasteiger partial charge < -0.3 is 23.7 Å². The lowest BCUT2D eigenvalue weighted by atomic mass is 9.63. The van der Waals surface area contributed by atoms with Gasteiger partial charge in [0.1, 0.15) is 0 Å². The van der Waals surface area contributed by atoms with Crippen molar-refractivity contribution in [2.24, 2.45) is 0 Å². The molecule has 0 aliphatic carbocycles. The Bertz CT molecular complexity index is 1030. The number of benzene rings is 3. The molecule has 0 spiro atoms. The van der Waals surface area contributed by atoms with Crippen LogP contribution in [-0.2, 0) is 10.1 Å². The summed E-state index contributed by atoms with van der Waals surface area (Å²) in [4.78, 5) is 0. The minimum absolute atomic E-state index is 0.226. The van der Waals surface area contributed by atoms with Gasteiger partial charge in [0.2, 0.25) is 0 Å². The lowest BCUT2D eigenvalue weighted by Crippen LogP contribution is -2.47. The molecular weight excluding hydrogens is 507 g/mol. The Balaban J connectivity index is 0.000000722. The number of hydrogen-bond acceptors (Lipinski definition) is 3. The molecule has 0 bridgehead atoms. The minimum Gasteiger partial charge on any atom is -0.871 e. The van der Waals surface area contributed by atoms with E-state index in [1.165, 1.54) is 33.4 Å². The smallest absolute Gasteiger partial charge is 0.0675 e. The molecule has 3 aromatic rings. The molecule has 6 heteroatoms. The summed E-state index contributed by atoms with van der Waals surface area (Å²) in [5.41, 5.74) is 7.54. The van der Waals surface area contributed by atoms with Crippen LogP contribution in [0, 0.1) is 20.8 Å². The number of aryl methyl sites for hydroxylation is 3. The van der Waals surface area contributed by atoms with Crippen molar-refractivity contribution in [2.45, 2.75) is 51.9 Å². The standard InChI is InChI=1S/C27H31BO3.2C4H12N/c1-21-13-5-8-16-24(21)27(25-17-9-6-14-22(25)2,26-18-10-7-15-23(26)3)19-11-4-12-20-31-28(29)30;2*1-5(2,3)4/h5-10,13-18H,4,11-12,19-20H2,1-3H3;2*1-4H3/q-2;2*+1. The summed E-state index contributed by atoms with van der Waals surface area (Å²) < 4.78 is 6.67. The first-order valence-electron chi connectivity index (χ1n) is 14.7. The summed E-state index contributed by atoms with van der Waals surface area (Å²) in [5.74, 6) is 0. The topological polar surface area (TPSA) is 55.3 Å². The Kier molecular flexibility index (Phi) is 15.0. The van der Waals surface area contributed by atoms with E-state index in [1.54, 1.807) is 0 Å². The van der Waals surface area contributed by atoms with Crippen LogP contribution in [0.3, 0.4) is 0 Å². The van der Waals surface area contributed by atoms with Crippen LogP contribution in [0.2, 0.25) is 0 Å².